The highest BCUT2D eigenvalue weighted by Crippen LogP contribution is 2.30. The van der Waals surface area contributed by atoms with Gasteiger partial charge in [0, 0.05) is 37.8 Å². The molecule has 0 radical (unpaired) electrons. The van der Waals surface area contributed by atoms with E-state index in [9.17, 15) is 19.7 Å². The van der Waals surface area contributed by atoms with Gasteiger partial charge >= 0.3 is 5.69 Å². The first-order valence-electron chi connectivity index (χ1n) is 10.2. The molecular weight excluding hydrogens is 420 g/mol. The highest BCUT2D eigenvalue weighted by molar-refractivity contribution is 8.00. The number of carbonyl (C=O) groups is 1. The Labute approximate surface area is 183 Å². The van der Waals surface area contributed by atoms with Crippen molar-refractivity contribution in [1.82, 2.24) is 14.6 Å². The van der Waals surface area contributed by atoms with Crippen LogP contribution in [0.5, 0.6) is 0 Å². The van der Waals surface area contributed by atoms with Gasteiger partial charge in [-0.25, -0.2) is 9.47 Å². The third-order valence-electron chi connectivity index (χ3n) is 5.56. The van der Waals surface area contributed by atoms with E-state index in [1.807, 2.05) is 0 Å². The number of nitro benzene ring substituents is 1. The van der Waals surface area contributed by atoms with Crippen LogP contribution in [0.4, 0.5) is 11.4 Å². The van der Waals surface area contributed by atoms with Gasteiger partial charge in [-0.1, -0.05) is 23.9 Å². The van der Waals surface area contributed by atoms with Crippen LogP contribution in [-0.2, 0) is 17.6 Å². The van der Waals surface area contributed by atoms with Crippen molar-refractivity contribution in [3.63, 3.8) is 0 Å². The highest BCUT2D eigenvalue weighted by Gasteiger charge is 2.26. The second-order valence-electron chi connectivity index (χ2n) is 7.66. The summed E-state index contributed by atoms with van der Waals surface area (Å²) < 4.78 is 1.73. The molecule has 1 aromatic heterocycles. The van der Waals surface area contributed by atoms with Gasteiger partial charge in [0.15, 0.2) is 0 Å². The number of piperazine rings is 1. The summed E-state index contributed by atoms with van der Waals surface area (Å²) in [6, 6.07) is 6.01. The molecule has 1 N–H and O–H groups in total. The van der Waals surface area contributed by atoms with Crippen molar-refractivity contribution in [2.75, 3.05) is 49.3 Å². The van der Waals surface area contributed by atoms with Crippen molar-refractivity contribution in [3.8, 4) is 0 Å². The number of hydrogen-bond donors (Lipinski definition) is 1. The van der Waals surface area contributed by atoms with Crippen LogP contribution in [0.15, 0.2) is 34.1 Å². The summed E-state index contributed by atoms with van der Waals surface area (Å²) in [5, 5.41) is 16.4. The van der Waals surface area contributed by atoms with E-state index < -0.39 is 4.92 Å². The SMILES string of the molecule is CN1CCN(n2c3c(c(SCC(=O)Nc4ccccc4[N+](=O)[O-])nc2=O)CCC3)CC1. The lowest BCUT2D eigenvalue weighted by Crippen LogP contribution is -2.54. The predicted octanol–water partition coefficient (Wildman–Crippen LogP) is 1.25. The molecule has 2 aromatic rings. The fourth-order valence-corrected chi connectivity index (χ4v) is 4.85. The maximum absolute atomic E-state index is 12.8. The van der Waals surface area contributed by atoms with E-state index in [0.29, 0.717) is 5.03 Å². The number of nitrogens with zero attached hydrogens (tertiary/aromatic N) is 5. The Morgan fingerprint density at radius 2 is 1.97 bits per heavy atom. The summed E-state index contributed by atoms with van der Waals surface area (Å²) in [6.07, 6.45) is 2.59. The van der Waals surface area contributed by atoms with Gasteiger partial charge in [0.05, 0.1) is 16.4 Å². The molecule has 10 nitrogen and oxygen atoms in total. The maximum Gasteiger partial charge on any atom is 0.367 e. The molecule has 4 rings (SSSR count). The number of fused-ring (bicyclic) bond motifs is 1. The molecule has 11 heteroatoms. The van der Waals surface area contributed by atoms with Crippen molar-refractivity contribution in [3.05, 3.63) is 56.1 Å². The van der Waals surface area contributed by atoms with E-state index in [1.54, 1.807) is 16.8 Å². The Balaban J connectivity index is 1.49. The van der Waals surface area contributed by atoms with Crippen molar-refractivity contribution >= 4 is 29.0 Å². The number of anilines is 1. The first-order chi connectivity index (χ1) is 14.9. The average molecular weight is 445 g/mol. The highest BCUT2D eigenvalue weighted by atomic mass is 32.2. The number of likely N-dealkylation sites (N-methyl/N-ethyl adjacent to an activating group) is 1. The normalized spacial score (nSPS) is 16.2. The third-order valence-corrected chi connectivity index (χ3v) is 6.58. The first-order valence-corrected chi connectivity index (χ1v) is 11.2. The molecule has 0 unspecified atom stereocenters. The number of hydrogen-bond acceptors (Lipinski definition) is 8. The number of nitro groups is 1. The molecule has 1 aliphatic carbocycles. The van der Waals surface area contributed by atoms with Gasteiger partial charge in [-0.3, -0.25) is 14.9 Å². The van der Waals surface area contributed by atoms with Crippen molar-refractivity contribution < 1.29 is 9.72 Å². The van der Waals surface area contributed by atoms with E-state index in [2.05, 4.69) is 27.3 Å². The molecule has 164 valence electrons. The summed E-state index contributed by atoms with van der Waals surface area (Å²) in [6.45, 7) is 3.33. The number of para-hydroxylation sites is 2. The number of thioether (sulfide) groups is 1. The van der Waals surface area contributed by atoms with Crippen LogP contribution in [0.2, 0.25) is 0 Å². The number of rotatable bonds is 6. The fraction of sp³-hybridized carbons (Fsp3) is 0.450. The summed E-state index contributed by atoms with van der Waals surface area (Å²) >= 11 is 1.20. The van der Waals surface area contributed by atoms with E-state index in [1.165, 1.54) is 23.9 Å². The molecule has 1 fully saturated rings. The van der Waals surface area contributed by atoms with E-state index >= 15 is 0 Å². The van der Waals surface area contributed by atoms with Crippen LogP contribution in [0.1, 0.15) is 17.7 Å². The molecule has 1 aromatic carbocycles. The minimum atomic E-state index is -0.533. The lowest BCUT2D eigenvalue weighted by atomic mass is 10.2. The van der Waals surface area contributed by atoms with Gasteiger partial charge in [-0.05, 0) is 32.4 Å². The zero-order chi connectivity index (χ0) is 22.0. The minimum Gasteiger partial charge on any atom is -0.320 e. The standard InChI is InChI=1S/C20H24N6O4S/c1-23-9-11-24(12-10-23)25-16-8-4-5-14(16)19(22-20(25)28)31-13-18(27)21-15-6-2-3-7-17(15)26(29)30/h2-3,6-7H,4-5,8-13H2,1H3,(H,21,27). The first kappa shape index (κ1) is 21.3. The lowest BCUT2D eigenvalue weighted by molar-refractivity contribution is -0.383. The smallest absolute Gasteiger partial charge is 0.320 e. The van der Waals surface area contributed by atoms with Gasteiger partial charge in [-0.15, -0.1) is 0 Å². The van der Waals surface area contributed by atoms with Gasteiger partial charge < -0.3 is 15.2 Å². The maximum atomic E-state index is 12.8. The second-order valence-corrected chi connectivity index (χ2v) is 8.62. The van der Waals surface area contributed by atoms with Crippen molar-refractivity contribution in [2.45, 2.75) is 24.3 Å². The van der Waals surface area contributed by atoms with Crippen LogP contribution in [-0.4, -0.2) is 64.4 Å². The quantitative estimate of drug-likeness (QED) is 0.307. The zero-order valence-corrected chi connectivity index (χ0v) is 18.1. The third kappa shape index (κ3) is 4.57. The van der Waals surface area contributed by atoms with Crippen molar-refractivity contribution in [1.29, 1.82) is 0 Å². The van der Waals surface area contributed by atoms with Gasteiger partial charge in [0.2, 0.25) is 5.91 Å². The molecule has 1 amide bonds. The second kappa shape index (κ2) is 9.06. The Kier molecular flexibility index (Phi) is 6.23. The summed E-state index contributed by atoms with van der Waals surface area (Å²) in [4.78, 5) is 42.4. The number of benzene rings is 1. The van der Waals surface area contributed by atoms with Gasteiger partial charge in [-0.2, -0.15) is 4.98 Å². The molecule has 1 saturated heterocycles. The molecule has 0 saturated carbocycles. The molecule has 2 aliphatic rings. The summed E-state index contributed by atoms with van der Waals surface area (Å²) in [7, 11) is 2.07. The molecule has 1 aliphatic heterocycles. The fourth-order valence-electron chi connectivity index (χ4n) is 3.97. The van der Waals surface area contributed by atoms with Crippen molar-refractivity contribution in [2.24, 2.45) is 0 Å². The molecule has 0 atom stereocenters. The molecule has 0 bridgehead atoms. The van der Waals surface area contributed by atoms with E-state index in [4.69, 9.17) is 0 Å². The molecule has 0 spiro atoms. The van der Waals surface area contributed by atoms with Gasteiger partial charge in [0.1, 0.15) is 10.7 Å². The Hall–Kier alpha value is -2.92. The predicted molar refractivity (Wildman–Crippen MR) is 118 cm³/mol. The van der Waals surface area contributed by atoms with Crippen LogP contribution >= 0.6 is 11.8 Å². The van der Waals surface area contributed by atoms with Crippen LogP contribution < -0.4 is 16.0 Å². The number of carbonyl (C=O) groups excluding carboxylic acids is 1. The molecular formula is C20H24N6O4S. The number of amides is 1. The Morgan fingerprint density at radius 3 is 2.71 bits per heavy atom. The summed E-state index contributed by atoms with van der Waals surface area (Å²) in [5.41, 5.74) is 1.70. The zero-order valence-electron chi connectivity index (χ0n) is 17.2. The molecule has 31 heavy (non-hydrogen) atoms. The average Bonchev–Trinajstić information content (AvgIpc) is 3.23. The topological polar surface area (TPSA) is 114 Å². The largest absolute Gasteiger partial charge is 0.367 e. The molecule has 2 heterocycles. The van der Waals surface area contributed by atoms with E-state index in [-0.39, 0.29) is 28.7 Å². The number of nitrogens with one attached hydrogen (secondary N) is 1. The minimum absolute atomic E-state index is 0.0173. The summed E-state index contributed by atoms with van der Waals surface area (Å²) in [5.74, 6) is -0.361. The number of aromatic nitrogens is 2. The van der Waals surface area contributed by atoms with Crippen LogP contribution in [0, 0.1) is 10.1 Å². The Bertz CT molecular complexity index is 1060. The van der Waals surface area contributed by atoms with E-state index in [0.717, 1.165) is 56.7 Å². The monoisotopic (exact) mass is 444 g/mol. The van der Waals surface area contributed by atoms with Gasteiger partial charge in [0.25, 0.3) is 5.69 Å². The Morgan fingerprint density at radius 1 is 1.23 bits per heavy atom. The van der Waals surface area contributed by atoms with Crippen LogP contribution in [0.3, 0.4) is 0 Å². The van der Waals surface area contributed by atoms with Crippen LogP contribution in [0.25, 0.3) is 0 Å². The lowest BCUT2D eigenvalue weighted by Gasteiger charge is -2.35.